The fourth-order valence-corrected chi connectivity index (χ4v) is 3.37. The van der Waals surface area contributed by atoms with Crippen molar-refractivity contribution in [1.29, 1.82) is 0 Å². The number of likely N-dealkylation sites (tertiary alicyclic amines) is 1. The Balaban J connectivity index is 2.06. The van der Waals surface area contributed by atoms with Crippen LogP contribution in [0, 0.1) is 11.7 Å². The quantitative estimate of drug-likeness (QED) is 0.831. The summed E-state index contributed by atoms with van der Waals surface area (Å²) in [5, 5.41) is 4.57. The van der Waals surface area contributed by atoms with Gasteiger partial charge in [-0.1, -0.05) is 32.9 Å². The average molecular weight is 344 g/mol. The summed E-state index contributed by atoms with van der Waals surface area (Å²) in [5.41, 5.74) is 0.385. The SMILES string of the molecule is CCC(=O)N1CCCC1c1nc(CC(C)C)nn1-c1ccccc1F. The molecule has 1 fully saturated rings. The van der Waals surface area contributed by atoms with Gasteiger partial charge in [0.25, 0.3) is 0 Å². The van der Waals surface area contributed by atoms with E-state index in [0.29, 0.717) is 29.7 Å². The second-order valence-electron chi connectivity index (χ2n) is 6.95. The molecule has 6 heteroatoms. The van der Waals surface area contributed by atoms with Gasteiger partial charge in [0.1, 0.15) is 11.5 Å². The molecule has 0 N–H and O–H groups in total. The second kappa shape index (κ2) is 7.33. The maximum absolute atomic E-state index is 14.4. The molecule has 1 aromatic carbocycles. The van der Waals surface area contributed by atoms with E-state index in [1.54, 1.807) is 22.9 Å². The van der Waals surface area contributed by atoms with Crippen LogP contribution in [-0.4, -0.2) is 32.1 Å². The molecular weight excluding hydrogens is 319 g/mol. The van der Waals surface area contributed by atoms with Crippen LogP contribution in [0.5, 0.6) is 0 Å². The van der Waals surface area contributed by atoms with Crippen molar-refractivity contribution >= 4 is 5.91 Å². The van der Waals surface area contributed by atoms with E-state index in [0.717, 1.165) is 25.8 Å². The van der Waals surface area contributed by atoms with Gasteiger partial charge in [-0.2, -0.15) is 5.10 Å². The predicted molar refractivity (Wildman–Crippen MR) is 93.8 cm³/mol. The van der Waals surface area contributed by atoms with Crippen molar-refractivity contribution < 1.29 is 9.18 Å². The Morgan fingerprint density at radius 1 is 1.36 bits per heavy atom. The van der Waals surface area contributed by atoms with Crippen LogP contribution in [0.15, 0.2) is 24.3 Å². The normalized spacial score (nSPS) is 17.5. The van der Waals surface area contributed by atoms with Crippen molar-refractivity contribution in [2.45, 2.75) is 52.5 Å². The Hall–Kier alpha value is -2.24. The summed E-state index contributed by atoms with van der Waals surface area (Å²) in [6.45, 7) is 6.79. The topological polar surface area (TPSA) is 51.0 Å². The van der Waals surface area contributed by atoms with Gasteiger partial charge in [0.05, 0.1) is 6.04 Å². The van der Waals surface area contributed by atoms with E-state index < -0.39 is 0 Å². The zero-order valence-corrected chi connectivity index (χ0v) is 15.1. The molecule has 1 saturated heterocycles. The summed E-state index contributed by atoms with van der Waals surface area (Å²) in [6.07, 6.45) is 2.95. The Labute approximate surface area is 147 Å². The number of amides is 1. The van der Waals surface area contributed by atoms with Gasteiger partial charge in [0, 0.05) is 19.4 Å². The molecule has 1 atom stereocenters. The summed E-state index contributed by atoms with van der Waals surface area (Å²) in [5.74, 6) is 1.54. The molecule has 0 aliphatic carbocycles. The highest BCUT2D eigenvalue weighted by Gasteiger charge is 2.34. The first-order valence-electron chi connectivity index (χ1n) is 9.01. The Morgan fingerprint density at radius 3 is 2.80 bits per heavy atom. The number of aromatic nitrogens is 3. The number of para-hydroxylation sites is 1. The molecule has 0 saturated carbocycles. The summed E-state index contributed by atoms with van der Waals surface area (Å²) >= 11 is 0. The van der Waals surface area contributed by atoms with Crippen LogP contribution in [0.4, 0.5) is 4.39 Å². The number of carbonyl (C=O) groups excluding carboxylic acids is 1. The minimum Gasteiger partial charge on any atom is -0.332 e. The molecule has 1 unspecified atom stereocenters. The summed E-state index contributed by atoms with van der Waals surface area (Å²) in [7, 11) is 0. The first kappa shape index (κ1) is 17.6. The highest BCUT2D eigenvalue weighted by atomic mass is 19.1. The van der Waals surface area contributed by atoms with E-state index in [-0.39, 0.29) is 17.8 Å². The molecule has 1 aliphatic rings. The molecule has 3 rings (SSSR count). The molecule has 1 aromatic heterocycles. The number of benzene rings is 1. The number of halogens is 1. The highest BCUT2D eigenvalue weighted by Crippen LogP contribution is 2.33. The average Bonchev–Trinajstić information content (AvgIpc) is 3.20. The van der Waals surface area contributed by atoms with E-state index in [1.165, 1.54) is 6.07 Å². The first-order valence-corrected chi connectivity index (χ1v) is 9.01. The van der Waals surface area contributed by atoms with Gasteiger partial charge in [-0.15, -0.1) is 0 Å². The largest absolute Gasteiger partial charge is 0.332 e. The van der Waals surface area contributed by atoms with Crippen LogP contribution in [-0.2, 0) is 11.2 Å². The van der Waals surface area contributed by atoms with Crippen LogP contribution >= 0.6 is 0 Å². The molecule has 0 spiro atoms. The summed E-state index contributed by atoms with van der Waals surface area (Å²) in [4.78, 5) is 18.9. The maximum Gasteiger partial charge on any atom is 0.222 e. The Kier molecular flexibility index (Phi) is 5.16. The first-order chi connectivity index (χ1) is 12.0. The second-order valence-corrected chi connectivity index (χ2v) is 6.95. The molecule has 1 amide bonds. The van der Waals surface area contributed by atoms with E-state index in [2.05, 4.69) is 18.9 Å². The van der Waals surface area contributed by atoms with Crippen LogP contribution < -0.4 is 0 Å². The number of rotatable bonds is 5. The van der Waals surface area contributed by atoms with Crippen molar-refractivity contribution in [1.82, 2.24) is 19.7 Å². The molecule has 0 bridgehead atoms. The highest BCUT2D eigenvalue weighted by molar-refractivity contribution is 5.76. The molecule has 25 heavy (non-hydrogen) atoms. The molecule has 5 nitrogen and oxygen atoms in total. The van der Waals surface area contributed by atoms with E-state index in [1.807, 2.05) is 11.8 Å². The van der Waals surface area contributed by atoms with Gasteiger partial charge >= 0.3 is 0 Å². The smallest absolute Gasteiger partial charge is 0.222 e. The van der Waals surface area contributed by atoms with Crippen LogP contribution in [0.3, 0.4) is 0 Å². The Morgan fingerprint density at radius 2 is 2.12 bits per heavy atom. The van der Waals surface area contributed by atoms with E-state index >= 15 is 0 Å². The van der Waals surface area contributed by atoms with Gasteiger partial charge in [-0.3, -0.25) is 4.79 Å². The summed E-state index contributed by atoms with van der Waals surface area (Å²) in [6, 6.07) is 6.43. The zero-order valence-electron chi connectivity index (χ0n) is 15.1. The monoisotopic (exact) mass is 344 g/mol. The van der Waals surface area contributed by atoms with Gasteiger partial charge in [-0.25, -0.2) is 14.1 Å². The van der Waals surface area contributed by atoms with Gasteiger partial charge in [0.2, 0.25) is 5.91 Å². The van der Waals surface area contributed by atoms with Crippen LogP contribution in [0.25, 0.3) is 5.69 Å². The molecule has 2 heterocycles. The van der Waals surface area contributed by atoms with Crippen molar-refractivity contribution in [2.24, 2.45) is 5.92 Å². The van der Waals surface area contributed by atoms with E-state index in [9.17, 15) is 9.18 Å². The van der Waals surface area contributed by atoms with Crippen LogP contribution in [0.1, 0.15) is 57.7 Å². The lowest BCUT2D eigenvalue weighted by Gasteiger charge is -2.24. The van der Waals surface area contributed by atoms with Gasteiger partial charge in [0.15, 0.2) is 11.6 Å². The number of nitrogens with zero attached hydrogens (tertiary/aromatic N) is 4. The van der Waals surface area contributed by atoms with Gasteiger partial charge < -0.3 is 4.90 Å². The van der Waals surface area contributed by atoms with Crippen molar-refractivity contribution in [3.63, 3.8) is 0 Å². The third kappa shape index (κ3) is 3.57. The third-order valence-electron chi connectivity index (χ3n) is 4.52. The fraction of sp³-hybridized carbons (Fsp3) is 0.526. The standard InChI is InChI=1S/C19H25FN4O/c1-4-18(25)23-11-7-10-16(23)19-21-17(12-13(2)3)22-24(19)15-9-6-5-8-14(15)20/h5-6,8-9,13,16H,4,7,10-12H2,1-3H3. The molecular formula is C19H25FN4O. The van der Waals surface area contributed by atoms with Crippen molar-refractivity contribution in [2.75, 3.05) is 6.54 Å². The minimum absolute atomic E-state index is 0.107. The van der Waals surface area contributed by atoms with Crippen LogP contribution in [0.2, 0.25) is 0 Å². The zero-order chi connectivity index (χ0) is 18.0. The van der Waals surface area contributed by atoms with Crippen molar-refractivity contribution in [3.8, 4) is 5.69 Å². The number of hydrogen-bond acceptors (Lipinski definition) is 3. The fourth-order valence-electron chi connectivity index (χ4n) is 3.37. The summed E-state index contributed by atoms with van der Waals surface area (Å²) < 4.78 is 16.0. The van der Waals surface area contributed by atoms with Crippen molar-refractivity contribution in [3.05, 3.63) is 41.7 Å². The predicted octanol–water partition coefficient (Wildman–Crippen LogP) is 3.68. The van der Waals surface area contributed by atoms with Gasteiger partial charge in [-0.05, 0) is 30.9 Å². The molecule has 134 valence electrons. The molecule has 0 radical (unpaired) electrons. The number of hydrogen-bond donors (Lipinski definition) is 0. The molecule has 2 aromatic rings. The lowest BCUT2D eigenvalue weighted by Crippen LogP contribution is -2.31. The lowest BCUT2D eigenvalue weighted by atomic mass is 10.1. The maximum atomic E-state index is 14.4. The Bertz CT molecular complexity index is 756. The molecule has 1 aliphatic heterocycles. The third-order valence-corrected chi connectivity index (χ3v) is 4.52. The lowest BCUT2D eigenvalue weighted by molar-refractivity contribution is -0.131. The number of carbonyl (C=O) groups is 1. The van der Waals surface area contributed by atoms with E-state index in [4.69, 9.17) is 4.98 Å². The minimum atomic E-state index is -0.337.